The number of benzene rings is 4. The van der Waals surface area contributed by atoms with Crippen LogP contribution in [0.15, 0.2) is 84.9 Å². The maximum absolute atomic E-state index is 5.92. The van der Waals surface area contributed by atoms with Crippen molar-refractivity contribution in [2.45, 2.75) is 11.8 Å². The molecule has 6 bridgehead atoms. The zero-order valence-corrected chi connectivity index (χ0v) is 27.1. The first-order chi connectivity index (χ1) is 16.2. The van der Waals surface area contributed by atoms with E-state index in [1.807, 2.05) is 18.2 Å². The fraction of sp³-hybridized carbons (Fsp3) is 0.0667. The van der Waals surface area contributed by atoms with E-state index in [-0.39, 0.29) is 56.9 Å². The number of ether oxygens (including phenoxy) is 1. The van der Waals surface area contributed by atoms with Crippen molar-refractivity contribution in [3.8, 4) is 11.5 Å². The van der Waals surface area contributed by atoms with Gasteiger partial charge in [-0.25, -0.2) is 12.2 Å². The Morgan fingerprint density at radius 3 is 2.00 bits per heavy atom. The number of hydrogen-bond acceptors (Lipinski definition) is 1. The first-order valence-corrected chi connectivity index (χ1v) is 13.0. The van der Waals surface area contributed by atoms with Crippen LogP contribution in [0.25, 0.3) is 12.2 Å². The molecule has 0 spiro atoms. The van der Waals surface area contributed by atoms with E-state index in [1.54, 1.807) is 0 Å². The van der Waals surface area contributed by atoms with Gasteiger partial charge in [-0.2, -0.15) is 5.56 Å². The summed E-state index contributed by atoms with van der Waals surface area (Å²) in [7, 11) is 0. The molecule has 0 saturated heterocycles. The van der Waals surface area contributed by atoms with Crippen LogP contribution in [0.5, 0.6) is 11.5 Å². The monoisotopic (exact) mass is 808 g/mol. The van der Waals surface area contributed by atoms with Crippen LogP contribution in [0.3, 0.4) is 0 Å². The number of allylic oxidation sites excluding steroid dienone is 2. The molecule has 4 aromatic rings. The molecule has 0 N–H and O–H groups in total. The molecule has 0 fully saturated rings. The molecule has 0 aromatic heterocycles. The summed E-state index contributed by atoms with van der Waals surface area (Å²) < 4.78 is 8.52. The van der Waals surface area contributed by atoms with Crippen molar-refractivity contribution in [1.29, 1.82) is 0 Å². The van der Waals surface area contributed by atoms with Gasteiger partial charge >= 0.3 is 26.2 Å². The van der Waals surface area contributed by atoms with E-state index in [0.717, 1.165) is 11.5 Å². The number of halogens is 4. The second-order valence-corrected chi connectivity index (χ2v) is 10.5. The predicted octanol–water partition coefficient (Wildman–Crippen LogP) is 2.62. The van der Waals surface area contributed by atoms with Crippen LogP contribution < -0.4 is 29.6 Å². The molecule has 0 radical (unpaired) electrons. The molecule has 4 aliphatic rings. The predicted molar refractivity (Wildman–Crippen MR) is 150 cm³/mol. The summed E-state index contributed by atoms with van der Waals surface area (Å²) in [5, 5.41) is 0. The zero-order chi connectivity index (χ0) is 22.4. The molecule has 2 atom stereocenters. The molecular formula is C30H18Cl2I2OZr. The minimum absolute atomic E-state index is 0. The Labute approximate surface area is 271 Å². The summed E-state index contributed by atoms with van der Waals surface area (Å²) in [6.45, 7) is 0. The van der Waals surface area contributed by atoms with E-state index in [2.05, 4.69) is 136 Å². The van der Waals surface area contributed by atoms with Gasteiger partial charge in [0.1, 0.15) is 5.75 Å². The fourth-order valence-electron chi connectivity index (χ4n) is 4.64. The smallest absolute Gasteiger partial charge is 1.00 e. The van der Waals surface area contributed by atoms with Gasteiger partial charge in [0.15, 0.2) is 0 Å². The van der Waals surface area contributed by atoms with Crippen LogP contribution in [0.2, 0.25) is 0 Å². The van der Waals surface area contributed by atoms with Crippen molar-refractivity contribution >= 4 is 57.3 Å². The molecule has 176 valence electrons. The first-order valence-electron chi connectivity index (χ1n) is 10.8. The SMILES string of the molecule is Ic1ccc2c3c1C([C-]=C3)c1ccc(cc1)O2.Ic1cccc2c1C(c1ccccc1)[C-]=C2.[Cl-].[Cl-].[Zr+4]. The summed E-state index contributed by atoms with van der Waals surface area (Å²) in [5.74, 6) is 2.40. The van der Waals surface area contributed by atoms with E-state index in [4.69, 9.17) is 4.74 Å². The molecule has 36 heavy (non-hydrogen) atoms. The van der Waals surface area contributed by atoms with Crippen LogP contribution in [0.1, 0.15) is 45.2 Å². The Bertz CT molecular complexity index is 1420. The first kappa shape index (κ1) is 29.6. The standard InChI is InChI=1S/C15H8IO.C15H10I.2ClH.Zr/c16-13-7-8-14-12-6-5-11(15(12)13)9-1-3-10(17-14)4-2-9;16-14-8-4-7-12-9-10-13(15(12)14)11-5-2-1-3-6-11;;;/h1-4,6-8,11H;1-9,13H;2*1H;/q2*-1;;;+4/p-2. The molecule has 2 heterocycles. The van der Waals surface area contributed by atoms with Crippen LogP contribution in [0, 0.1) is 19.3 Å². The Hall–Kier alpha value is -0.917. The Balaban J connectivity index is 0.000000185. The average molecular weight is 810 g/mol. The van der Waals surface area contributed by atoms with Crippen molar-refractivity contribution in [2.24, 2.45) is 0 Å². The second kappa shape index (κ2) is 12.8. The molecule has 1 nitrogen and oxygen atoms in total. The molecule has 0 saturated carbocycles. The van der Waals surface area contributed by atoms with Crippen molar-refractivity contribution in [3.05, 3.63) is 138 Å². The van der Waals surface area contributed by atoms with Crippen LogP contribution in [0.4, 0.5) is 0 Å². The maximum atomic E-state index is 5.92. The summed E-state index contributed by atoms with van der Waals surface area (Å²) in [6.07, 6.45) is 11.1. The van der Waals surface area contributed by atoms with Gasteiger partial charge in [0.05, 0.1) is 5.75 Å². The van der Waals surface area contributed by atoms with Crippen LogP contribution in [-0.4, -0.2) is 0 Å². The minimum Gasteiger partial charge on any atom is -1.00 e. The zero-order valence-electron chi connectivity index (χ0n) is 18.8. The Morgan fingerprint density at radius 2 is 1.25 bits per heavy atom. The second-order valence-electron chi connectivity index (χ2n) is 8.19. The quantitative estimate of drug-likeness (QED) is 0.213. The Kier molecular flexibility index (Phi) is 10.5. The number of rotatable bonds is 1. The third kappa shape index (κ3) is 5.59. The van der Waals surface area contributed by atoms with E-state index in [0.29, 0.717) is 5.92 Å². The van der Waals surface area contributed by atoms with Crippen molar-refractivity contribution in [2.75, 3.05) is 0 Å². The molecule has 4 aromatic carbocycles. The molecule has 8 rings (SSSR count). The Morgan fingerprint density at radius 1 is 0.611 bits per heavy atom. The molecule has 2 aliphatic carbocycles. The summed E-state index contributed by atoms with van der Waals surface area (Å²) in [6, 6.07) is 29.5. The van der Waals surface area contributed by atoms with Gasteiger partial charge in [-0.05, 0) is 76.6 Å². The molecule has 2 aliphatic heterocycles. The fourth-order valence-corrected chi connectivity index (χ4v) is 6.25. The van der Waals surface area contributed by atoms with Crippen molar-refractivity contribution in [1.82, 2.24) is 0 Å². The third-order valence-electron chi connectivity index (χ3n) is 6.23. The summed E-state index contributed by atoms with van der Waals surface area (Å²) >= 11 is 4.80. The summed E-state index contributed by atoms with van der Waals surface area (Å²) in [4.78, 5) is 0. The van der Waals surface area contributed by atoms with Gasteiger partial charge in [-0.3, -0.25) is 12.2 Å². The molecule has 0 amide bonds. The average Bonchev–Trinajstić information content (AvgIpc) is 3.50. The molecule has 2 unspecified atom stereocenters. The summed E-state index contributed by atoms with van der Waals surface area (Å²) in [5.41, 5.74) is 7.82. The third-order valence-corrected chi connectivity index (χ3v) is 8.11. The normalized spacial score (nSPS) is 16.5. The van der Waals surface area contributed by atoms with Gasteiger partial charge in [0, 0.05) is 0 Å². The van der Waals surface area contributed by atoms with Crippen molar-refractivity contribution < 1.29 is 55.8 Å². The van der Waals surface area contributed by atoms with Gasteiger partial charge < -0.3 is 29.6 Å². The van der Waals surface area contributed by atoms with Gasteiger partial charge in [0.2, 0.25) is 0 Å². The largest absolute Gasteiger partial charge is 4.00 e. The van der Waals surface area contributed by atoms with Gasteiger partial charge in [0.25, 0.3) is 0 Å². The van der Waals surface area contributed by atoms with Crippen LogP contribution in [-0.2, 0) is 26.2 Å². The van der Waals surface area contributed by atoms with Gasteiger partial charge in [-0.15, -0.1) is 22.8 Å². The van der Waals surface area contributed by atoms with E-state index < -0.39 is 0 Å². The van der Waals surface area contributed by atoms with E-state index in [1.165, 1.54) is 40.5 Å². The molecular weight excluding hydrogens is 792 g/mol. The number of fused-ring (bicyclic) bond motifs is 3. The number of hydrogen-bond donors (Lipinski definition) is 0. The molecule has 6 heteroatoms. The van der Waals surface area contributed by atoms with E-state index in [9.17, 15) is 0 Å². The van der Waals surface area contributed by atoms with Crippen molar-refractivity contribution in [3.63, 3.8) is 0 Å². The minimum atomic E-state index is 0. The topological polar surface area (TPSA) is 9.23 Å². The van der Waals surface area contributed by atoms with Gasteiger partial charge in [-0.1, -0.05) is 77.6 Å². The van der Waals surface area contributed by atoms with Crippen LogP contribution >= 0.6 is 45.2 Å². The maximum Gasteiger partial charge on any atom is 4.00 e. The van der Waals surface area contributed by atoms with E-state index >= 15 is 0 Å².